The molecule has 1 rings (SSSR count). The second-order valence-electron chi connectivity index (χ2n) is 4.59. The third kappa shape index (κ3) is 3.69. The normalized spacial score (nSPS) is 12.1. The summed E-state index contributed by atoms with van der Waals surface area (Å²) < 4.78 is 0.459. The minimum atomic E-state index is 0.459. The molecule has 0 aromatic heterocycles. The SMILES string of the molecule is CC(C)c1ccc(C[N+](C)(C)Cl)cc1. The first-order chi connectivity index (χ1) is 6.38. The molecule has 78 valence electrons. The highest BCUT2D eigenvalue weighted by atomic mass is 35.5. The Labute approximate surface area is 92.0 Å². The second kappa shape index (κ2) is 4.33. The van der Waals surface area contributed by atoms with E-state index in [1.165, 1.54) is 11.1 Å². The Morgan fingerprint density at radius 1 is 1.14 bits per heavy atom. The molecule has 0 atom stereocenters. The summed E-state index contributed by atoms with van der Waals surface area (Å²) in [7, 11) is 3.97. The molecule has 0 unspecified atom stereocenters. The number of halogens is 1. The fourth-order valence-electron chi connectivity index (χ4n) is 1.44. The molecular weight excluding hydrogens is 194 g/mol. The molecule has 14 heavy (non-hydrogen) atoms. The van der Waals surface area contributed by atoms with Gasteiger partial charge < -0.3 is 0 Å². The lowest BCUT2D eigenvalue weighted by Crippen LogP contribution is -2.26. The summed E-state index contributed by atoms with van der Waals surface area (Å²) in [5, 5.41) is 0. The van der Waals surface area contributed by atoms with Crippen molar-refractivity contribution in [2.24, 2.45) is 0 Å². The standard InChI is InChI=1S/C12H19ClN/c1-10(2)12-7-5-11(6-8-12)9-14(3,4)13/h5-8,10H,9H2,1-4H3/q+1. The highest BCUT2D eigenvalue weighted by molar-refractivity contribution is 6.06. The Hall–Kier alpha value is -0.530. The van der Waals surface area contributed by atoms with Crippen molar-refractivity contribution < 1.29 is 4.00 Å². The highest BCUT2D eigenvalue weighted by Crippen LogP contribution is 2.17. The number of hydrogen-bond donors (Lipinski definition) is 0. The topological polar surface area (TPSA) is 0 Å². The van der Waals surface area contributed by atoms with Gasteiger partial charge in [0.2, 0.25) is 0 Å². The summed E-state index contributed by atoms with van der Waals surface area (Å²) in [6.07, 6.45) is 0. The molecule has 1 aromatic rings. The van der Waals surface area contributed by atoms with Gasteiger partial charge in [0.25, 0.3) is 0 Å². The van der Waals surface area contributed by atoms with Crippen LogP contribution in [0.15, 0.2) is 24.3 Å². The molecule has 0 aliphatic rings. The molecule has 0 saturated heterocycles. The van der Waals surface area contributed by atoms with Crippen molar-refractivity contribution in [1.29, 1.82) is 0 Å². The minimum Gasteiger partial charge on any atom is -0.223 e. The molecule has 1 aromatic carbocycles. The van der Waals surface area contributed by atoms with Crippen LogP contribution in [0.1, 0.15) is 30.9 Å². The van der Waals surface area contributed by atoms with Crippen molar-refractivity contribution in [3.63, 3.8) is 0 Å². The van der Waals surface area contributed by atoms with Crippen LogP contribution in [0.25, 0.3) is 0 Å². The van der Waals surface area contributed by atoms with Gasteiger partial charge in [-0.15, -0.1) is 0 Å². The molecule has 0 fully saturated rings. The molecular formula is C12H19ClN+. The van der Waals surface area contributed by atoms with Gasteiger partial charge in [-0.05, 0) is 11.5 Å². The van der Waals surface area contributed by atoms with Crippen LogP contribution in [0.3, 0.4) is 0 Å². The first-order valence-corrected chi connectivity index (χ1v) is 5.34. The average molecular weight is 213 g/mol. The number of hydrogen-bond acceptors (Lipinski definition) is 0. The van der Waals surface area contributed by atoms with E-state index in [0.29, 0.717) is 9.92 Å². The molecule has 0 heterocycles. The van der Waals surface area contributed by atoms with Crippen molar-refractivity contribution in [3.8, 4) is 0 Å². The molecule has 0 saturated carbocycles. The Morgan fingerprint density at radius 2 is 1.64 bits per heavy atom. The van der Waals surface area contributed by atoms with E-state index in [4.69, 9.17) is 11.8 Å². The maximum absolute atomic E-state index is 6.11. The summed E-state index contributed by atoms with van der Waals surface area (Å²) in [6.45, 7) is 5.27. The van der Waals surface area contributed by atoms with Crippen LogP contribution in [0.4, 0.5) is 0 Å². The van der Waals surface area contributed by atoms with Crippen molar-refractivity contribution in [2.45, 2.75) is 26.3 Å². The lowest BCUT2D eigenvalue weighted by atomic mass is 10.0. The minimum absolute atomic E-state index is 0.459. The fourth-order valence-corrected chi connectivity index (χ4v) is 1.58. The van der Waals surface area contributed by atoms with Crippen LogP contribution >= 0.6 is 11.8 Å². The smallest absolute Gasteiger partial charge is 0.165 e. The van der Waals surface area contributed by atoms with Gasteiger partial charge in [0.05, 0.1) is 14.1 Å². The Balaban J connectivity index is 2.74. The first kappa shape index (κ1) is 11.5. The molecule has 0 radical (unpaired) electrons. The van der Waals surface area contributed by atoms with Gasteiger partial charge in [-0.3, -0.25) is 0 Å². The van der Waals surface area contributed by atoms with Gasteiger partial charge in [-0.1, -0.05) is 38.1 Å². The zero-order valence-electron chi connectivity index (χ0n) is 9.42. The summed E-state index contributed by atoms with van der Waals surface area (Å²) in [6, 6.07) is 8.70. The van der Waals surface area contributed by atoms with E-state index in [0.717, 1.165) is 6.54 Å². The Kier molecular flexibility index (Phi) is 3.57. The second-order valence-corrected chi connectivity index (χ2v) is 5.51. The molecule has 1 nitrogen and oxygen atoms in total. The van der Waals surface area contributed by atoms with Crippen LogP contribution in [-0.2, 0) is 6.54 Å². The third-order valence-electron chi connectivity index (χ3n) is 2.20. The van der Waals surface area contributed by atoms with E-state index in [9.17, 15) is 0 Å². The van der Waals surface area contributed by atoms with E-state index in [1.54, 1.807) is 0 Å². The van der Waals surface area contributed by atoms with E-state index < -0.39 is 0 Å². The zero-order valence-corrected chi connectivity index (χ0v) is 10.2. The van der Waals surface area contributed by atoms with Crippen LogP contribution in [-0.4, -0.2) is 18.1 Å². The fraction of sp³-hybridized carbons (Fsp3) is 0.500. The maximum Gasteiger partial charge on any atom is 0.165 e. The van der Waals surface area contributed by atoms with Gasteiger partial charge in [0, 0.05) is 5.56 Å². The summed E-state index contributed by atoms with van der Waals surface area (Å²) >= 11 is 6.11. The monoisotopic (exact) mass is 212 g/mol. The summed E-state index contributed by atoms with van der Waals surface area (Å²) in [4.78, 5) is 0. The van der Waals surface area contributed by atoms with Gasteiger partial charge in [0.1, 0.15) is 6.54 Å². The maximum atomic E-state index is 6.11. The van der Waals surface area contributed by atoms with Crippen molar-refractivity contribution in [1.82, 2.24) is 0 Å². The third-order valence-corrected chi connectivity index (χ3v) is 2.32. The lowest BCUT2D eigenvalue weighted by Gasteiger charge is -2.18. The number of benzene rings is 1. The zero-order chi connectivity index (χ0) is 10.8. The van der Waals surface area contributed by atoms with Crippen molar-refractivity contribution in [3.05, 3.63) is 35.4 Å². The van der Waals surface area contributed by atoms with Gasteiger partial charge in [-0.2, -0.15) is 0 Å². The largest absolute Gasteiger partial charge is 0.223 e. The van der Waals surface area contributed by atoms with Crippen LogP contribution in [0, 0.1) is 0 Å². The van der Waals surface area contributed by atoms with E-state index in [-0.39, 0.29) is 0 Å². The predicted octanol–water partition coefficient (Wildman–Crippen LogP) is 3.54. The number of quaternary nitrogens is 1. The van der Waals surface area contributed by atoms with Gasteiger partial charge in [0.15, 0.2) is 11.8 Å². The molecule has 0 amide bonds. The van der Waals surface area contributed by atoms with E-state index in [1.807, 2.05) is 14.1 Å². The quantitative estimate of drug-likeness (QED) is 0.673. The predicted molar refractivity (Wildman–Crippen MR) is 62.2 cm³/mol. The highest BCUT2D eigenvalue weighted by Gasteiger charge is 2.12. The number of nitrogens with zero attached hydrogens (tertiary/aromatic N) is 1. The van der Waals surface area contributed by atoms with Crippen molar-refractivity contribution in [2.75, 3.05) is 14.1 Å². The lowest BCUT2D eigenvalue weighted by molar-refractivity contribution is -0.786. The summed E-state index contributed by atoms with van der Waals surface area (Å²) in [5.41, 5.74) is 2.67. The van der Waals surface area contributed by atoms with E-state index >= 15 is 0 Å². The molecule has 0 N–H and O–H groups in total. The van der Waals surface area contributed by atoms with E-state index in [2.05, 4.69) is 38.1 Å². The average Bonchev–Trinajstić information content (AvgIpc) is 2.02. The van der Waals surface area contributed by atoms with Gasteiger partial charge >= 0.3 is 0 Å². The van der Waals surface area contributed by atoms with Crippen LogP contribution in [0.5, 0.6) is 0 Å². The molecule has 2 heteroatoms. The molecule has 0 aliphatic heterocycles. The summed E-state index contributed by atoms with van der Waals surface area (Å²) in [5.74, 6) is 0.600. The Bertz CT molecular complexity index is 282. The molecule has 0 aliphatic carbocycles. The number of rotatable bonds is 3. The van der Waals surface area contributed by atoms with Crippen LogP contribution < -0.4 is 0 Å². The molecule has 0 spiro atoms. The Morgan fingerprint density at radius 3 is 2.00 bits per heavy atom. The van der Waals surface area contributed by atoms with Gasteiger partial charge in [-0.25, -0.2) is 4.00 Å². The molecule has 0 bridgehead atoms. The van der Waals surface area contributed by atoms with Crippen LogP contribution in [0.2, 0.25) is 0 Å². The first-order valence-electron chi connectivity index (χ1n) is 5.00. The van der Waals surface area contributed by atoms with Crippen molar-refractivity contribution >= 4 is 11.8 Å².